The van der Waals surface area contributed by atoms with Gasteiger partial charge in [0.25, 0.3) is 5.91 Å². The van der Waals surface area contributed by atoms with Gasteiger partial charge in [0.15, 0.2) is 12.9 Å². The van der Waals surface area contributed by atoms with Gasteiger partial charge in [-0.2, -0.15) is 0 Å². The van der Waals surface area contributed by atoms with Crippen molar-refractivity contribution in [2.45, 2.75) is 0 Å². The van der Waals surface area contributed by atoms with Gasteiger partial charge in [-0.15, -0.1) is 0 Å². The van der Waals surface area contributed by atoms with Gasteiger partial charge in [0.2, 0.25) is 0 Å². The lowest BCUT2D eigenvalue weighted by Gasteiger charge is -2.09. The van der Waals surface area contributed by atoms with Crippen molar-refractivity contribution >= 4 is 34.2 Å². The quantitative estimate of drug-likeness (QED) is 0.805. The maximum Gasteiger partial charge on any atom is 0.318 e. The highest BCUT2D eigenvalue weighted by Crippen LogP contribution is 2.27. The van der Waals surface area contributed by atoms with Gasteiger partial charge in [0, 0.05) is 0 Å². The molecule has 3 amide bonds. The molecular weight excluding hydrogens is 292 g/mol. The molecule has 0 radical (unpaired) electrons. The van der Waals surface area contributed by atoms with E-state index in [1.165, 1.54) is 0 Å². The summed E-state index contributed by atoms with van der Waals surface area (Å²) in [6.45, 7) is -0.410. The summed E-state index contributed by atoms with van der Waals surface area (Å²) in [6, 6.07) is 3.90. The lowest BCUT2D eigenvalue weighted by Crippen LogP contribution is -2.38. The Hall–Kier alpha value is -1.89. The number of amides is 3. The Labute approximate surface area is 105 Å². The number of nitrogens with one attached hydrogen (secondary N) is 1. The molecule has 0 heterocycles. The Kier molecular flexibility index (Phi) is 4.65. The lowest BCUT2D eigenvalue weighted by atomic mass is 10.2. The van der Waals surface area contributed by atoms with E-state index in [-0.39, 0.29) is 5.75 Å². The van der Waals surface area contributed by atoms with E-state index < -0.39 is 18.5 Å². The van der Waals surface area contributed by atoms with Crippen LogP contribution in [0.15, 0.2) is 22.7 Å². The van der Waals surface area contributed by atoms with E-state index in [0.717, 1.165) is 0 Å². The summed E-state index contributed by atoms with van der Waals surface area (Å²) in [7, 11) is 0. The molecule has 0 aliphatic carbocycles. The largest absolute Gasteiger partial charge is 0.482 e. The first-order chi connectivity index (χ1) is 8.04. The fourth-order valence-corrected chi connectivity index (χ4v) is 1.58. The van der Waals surface area contributed by atoms with E-state index >= 15 is 0 Å². The van der Waals surface area contributed by atoms with Crippen LogP contribution in [-0.2, 0) is 4.79 Å². The highest BCUT2D eigenvalue weighted by atomic mass is 79.9. The Balaban J connectivity index is 2.72. The smallest absolute Gasteiger partial charge is 0.318 e. The van der Waals surface area contributed by atoms with Gasteiger partial charge in [-0.05, 0) is 28.1 Å². The van der Waals surface area contributed by atoms with Crippen LogP contribution in [0.2, 0.25) is 0 Å². The van der Waals surface area contributed by atoms with Gasteiger partial charge in [0.1, 0.15) is 5.75 Å². The van der Waals surface area contributed by atoms with E-state index in [9.17, 15) is 14.4 Å². The first kappa shape index (κ1) is 13.2. The van der Waals surface area contributed by atoms with Crippen LogP contribution in [0, 0.1) is 0 Å². The number of hydrogen-bond acceptors (Lipinski definition) is 4. The molecule has 0 aliphatic rings. The van der Waals surface area contributed by atoms with E-state index in [2.05, 4.69) is 15.9 Å². The topological polar surface area (TPSA) is 98.5 Å². The number of hydrogen-bond donors (Lipinski definition) is 2. The van der Waals surface area contributed by atoms with Crippen molar-refractivity contribution in [1.82, 2.24) is 5.32 Å². The summed E-state index contributed by atoms with van der Waals surface area (Å²) < 4.78 is 5.66. The second-order valence-electron chi connectivity index (χ2n) is 2.98. The number of urea groups is 1. The number of ether oxygens (including phenoxy) is 1. The maximum absolute atomic E-state index is 11.1. The molecule has 0 spiro atoms. The number of imide groups is 1. The summed E-state index contributed by atoms with van der Waals surface area (Å²) in [5, 5.41) is 1.84. The minimum atomic E-state index is -0.957. The molecule has 1 aromatic carbocycles. The number of aldehydes is 1. The molecule has 0 fully saturated rings. The number of benzene rings is 1. The molecule has 0 unspecified atom stereocenters. The van der Waals surface area contributed by atoms with Gasteiger partial charge in [-0.25, -0.2) is 4.79 Å². The van der Waals surface area contributed by atoms with Crippen molar-refractivity contribution in [1.29, 1.82) is 0 Å². The molecule has 0 saturated carbocycles. The molecule has 0 atom stereocenters. The number of halogens is 1. The standard InChI is InChI=1S/C10H9BrN2O4/c11-7-3-1-2-6(4-14)9(7)17-5-8(15)13-10(12)16/h1-4H,5H2,(H3,12,13,15,16). The van der Waals surface area contributed by atoms with Crippen molar-refractivity contribution in [2.24, 2.45) is 5.73 Å². The molecule has 90 valence electrons. The number of carbonyl (C=O) groups excluding carboxylic acids is 3. The van der Waals surface area contributed by atoms with Crippen LogP contribution < -0.4 is 15.8 Å². The third-order valence-electron chi connectivity index (χ3n) is 1.73. The summed E-state index contributed by atoms with van der Waals surface area (Å²) in [6.07, 6.45) is 0.603. The predicted octanol–water partition coefficient (Wildman–Crippen LogP) is 0.835. The fourth-order valence-electron chi connectivity index (χ4n) is 1.08. The van der Waals surface area contributed by atoms with Gasteiger partial charge >= 0.3 is 6.03 Å². The van der Waals surface area contributed by atoms with Crippen molar-refractivity contribution in [3.63, 3.8) is 0 Å². The molecule has 17 heavy (non-hydrogen) atoms. The van der Waals surface area contributed by atoms with Gasteiger partial charge in [-0.3, -0.25) is 14.9 Å². The van der Waals surface area contributed by atoms with Gasteiger partial charge in [0.05, 0.1) is 10.0 Å². The molecule has 7 heteroatoms. The zero-order valence-electron chi connectivity index (χ0n) is 8.60. The van der Waals surface area contributed by atoms with Gasteiger partial charge < -0.3 is 10.5 Å². The molecule has 3 N–H and O–H groups in total. The van der Waals surface area contributed by atoms with Crippen molar-refractivity contribution < 1.29 is 19.1 Å². The summed E-state index contributed by atoms with van der Waals surface area (Å²) in [4.78, 5) is 32.2. The molecule has 6 nitrogen and oxygen atoms in total. The van der Waals surface area contributed by atoms with Crippen molar-refractivity contribution in [3.05, 3.63) is 28.2 Å². The second kappa shape index (κ2) is 6.00. The zero-order valence-corrected chi connectivity index (χ0v) is 10.2. The van der Waals surface area contributed by atoms with Crippen LogP contribution in [-0.4, -0.2) is 24.8 Å². The Morgan fingerprint density at radius 1 is 1.47 bits per heavy atom. The Morgan fingerprint density at radius 3 is 2.76 bits per heavy atom. The molecule has 1 aromatic rings. The third-order valence-corrected chi connectivity index (χ3v) is 2.36. The minimum absolute atomic E-state index is 0.238. The summed E-state index contributed by atoms with van der Waals surface area (Å²) >= 11 is 3.18. The fraction of sp³-hybridized carbons (Fsp3) is 0.100. The monoisotopic (exact) mass is 300 g/mol. The van der Waals surface area contributed by atoms with Crippen LogP contribution in [0.3, 0.4) is 0 Å². The van der Waals surface area contributed by atoms with Gasteiger partial charge in [-0.1, -0.05) is 6.07 Å². The van der Waals surface area contributed by atoms with E-state index in [4.69, 9.17) is 10.5 Å². The number of para-hydroxylation sites is 1. The SMILES string of the molecule is NC(=O)NC(=O)COc1c(Br)cccc1C=O. The molecular formula is C10H9BrN2O4. The van der Waals surface area contributed by atoms with Crippen LogP contribution in [0.5, 0.6) is 5.75 Å². The molecule has 0 aromatic heterocycles. The first-order valence-electron chi connectivity index (χ1n) is 4.50. The van der Waals surface area contributed by atoms with E-state index in [0.29, 0.717) is 16.3 Å². The minimum Gasteiger partial charge on any atom is -0.482 e. The molecule has 0 aliphatic heterocycles. The van der Waals surface area contributed by atoms with E-state index in [1.54, 1.807) is 18.2 Å². The van der Waals surface area contributed by atoms with Crippen LogP contribution in [0.4, 0.5) is 4.79 Å². The normalized spacial score (nSPS) is 9.47. The van der Waals surface area contributed by atoms with Crippen LogP contribution in [0.25, 0.3) is 0 Å². The van der Waals surface area contributed by atoms with E-state index in [1.807, 2.05) is 5.32 Å². The molecule has 1 rings (SSSR count). The maximum atomic E-state index is 11.1. The van der Waals surface area contributed by atoms with Crippen LogP contribution in [0.1, 0.15) is 10.4 Å². The van der Waals surface area contributed by atoms with Crippen molar-refractivity contribution in [3.8, 4) is 5.75 Å². The zero-order chi connectivity index (χ0) is 12.8. The number of rotatable bonds is 4. The predicted molar refractivity (Wildman–Crippen MR) is 62.8 cm³/mol. The molecule has 0 bridgehead atoms. The molecule has 0 saturated heterocycles. The Bertz CT molecular complexity index is 462. The highest BCUT2D eigenvalue weighted by Gasteiger charge is 2.10. The number of nitrogens with two attached hydrogens (primary N) is 1. The first-order valence-corrected chi connectivity index (χ1v) is 5.29. The number of carbonyl (C=O) groups is 3. The number of primary amides is 1. The summed E-state index contributed by atoms with van der Waals surface area (Å²) in [5.74, 6) is -0.452. The summed E-state index contributed by atoms with van der Waals surface area (Å²) in [5.41, 5.74) is 5.05. The average Bonchev–Trinajstić information content (AvgIpc) is 2.26. The lowest BCUT2D eigenvalue weighted by molar-refractivity contribution is -0.121. The third kappa shape index (κ3) is 3.87. The van der Waals surface area contributed by atoms with Crippen LogP contribution >= 0.6 is 15.9 Å². The Morgan fingerprint density at radius 2 is 2.18 bits per heavy atom. The van der Waals surface area contributed by atoms with Crippen molar-refractivity contribution in [2.75, 3.05) is 6.61 Å². The second-order valence-corrected chi connectivity index (χ2v) is 3.83. The average molecular weight is 301 g/mol. The highest BCUT2D eigenvalue weighted by molar-refractivity contribution is 9.10.